The average molecular weight is 291 g/mol. The lowest BCUT2D eigenvalue weighted by Gasteiger charge is -2.24. The van der Waals surface area contributed by atoms with Gasteiger partial charge < -0.3 is 20.7 Å². The van der Waals surface area contributed by atoms with Gasteiger partial charge in [0.25, 0.3) is 5.91 Å². The summed E-state index contributed by atoms with van der Waals surface area (Å²) < 4.78 is 5.42. The summed E-state index contributed by atoms with van der Waals surface area (Å²) in [5.41, 5.74) is 1.65. The van der Waals surface area contributed by atoms with Crippen LogP contribution in [0.15, 0.2) is 24.3 Å². The summed E-state index contributed by atoms with van der Waals surface area (Å²) in [6.07, 6.45) is -0.445. The second-order valence-corrected chi connectivity index (χ2v) is 5.10. The molecule has 1 aromatic carbocycles. The molecular formula is C15H21N3O3. The Labute approximate surface area is 124 Å². The lowest BCUT2D eigenvalue weighted by Crippen LogP contribution is -2.48. The van der Waals surface area contributed by atoms with Crippen LogP contribution in [0.4, 0.5) is 5.69 Å². The van der Waals surface area contributed by atoms with Crippen LogP contribution in [0.1, 0.15) is 25.5 Å². The van der Waals surface area contributed by atoms with Gasteiger partial charge in [-0.2, -0.15) is 0 Å². The molecule has 1 aliphatic rings. The fourth-order valence-electron chi connectivity index (χ4n) is 2.21. The molecule has 21 heavy (non-hydrogen) atoms. The normalized spacial score (nSPS) is 19.6. The number of carbonyl (C=O) groups is 2. The van der Waals surface area contributed by atoms with Crippen molar-refractivity contribution in [3.8, 4) is 0 Å². The molecule has 2 unspecified atom stereocenters. The number of hydrogen-bond acceptors (Lipinski definition) is 4. The molecule has 0 bridgehead atoms. The zero-order chi connectivity index (χ0) is 15.2. The summed E-state index contributed by atoms with van der Waals surface area (Å²) in [5, 5.41) is 8.79. The molecule has 3 N–H and O–H groups in total. The fraction of sp³-hybridized carbons (Fsp3) is 0.467. The highest BCUT2D eigenvalue weighted by atomic mass is 16.5. The van der Waals surface area contributed by atoms with Crippen LogP contribution in [0.3, 0.4) is 0 Å². The lowest BCUT2D eigenvalue weighted by atomic mass is 10.1. The van der Waals surface area contributed by atoms with Gasteiger partial charge in [-0.3, -0.25) is 9.59 Å². The molecule has 2 atom stereocenters. The highest BCUT2D eigenvalue weighted by Crippen LogP contribution is 2.17. The predicted octanol–water partition coefficient (Wildman–Crippen LogP) is 0.811. The van der Waals surface area contributed by atoms with E-state index in [2.05, 4.69) is 16.0 Å². The largest absolute Gasteiger partial charge is 0.366 e. The van der Waals surface area contributed by atoms with Crippen molar-refractivity contribution in [1.82, 2.24) is 10.6 Å². The van der Waals surface area contributed by atoms with Gasteiger partial charge in [0.1, 0.15) is 6.10 Å². The highest BCUT2D eigenvalue weighted by molar-refractivity contribution is 5.88. The molecule has 1 saturated heterocycles. The number of benzene rings is 1. The summed E-state index contributed by atoms with van der Waals surface area (Å²) in [6, 6.07) is 7.27. The lowest BCUT2D eigenvalue weighted by molar-refractivity contribution is -0.134. The maximum atomic E-state index is 12.1. The number of morpholine rings is 1. The Morgan fingerprint density at radius 2 is 2.24 bits per heavy atom. The first kappa shape index (κ1) is 15.5. The first-order valence-electron chi connectivity index (χ1n) is 7.06. The van der Waals surface area contributed by atoms with E-state index in [0.29, 0.717) is 13.2 Å². The van der Waals surface area contributed by atoms with Crippen LogP contribution in [0.2, 0.25) is 0 Å². The van der Waals surface area contributed by atoms with E-state index >= 15 is 0 Å². The van der Waals surface area contributed by atoms with Crippen molar-refractivity contribution in [2.24, 2.45) is 0 Å². The molecule has 6 nitrogen and oxygen atoms in total. The van der Waals surface area contributed by atoms with Crippen LogP contribution in [-0.4, -0.2) is 37.6 Å². The SMILES string of the molecule is CC(=O)Nc1cccc(C(C)NC(=O)C2CNCCO2)c1. The maximum absolute atomic E-state index is 12.1. The van der Waals surface area contributed by atoms with Gasteiger partial charge in [-0.05, 0) is 24.6 Å². The monoisotopic (exact) mass is 291 g/mol. The Morgan fingerprint density at radius 1 is 1.43 bits per heavy atom. The van der Waals surface area contributed by atoms with Crippen LogP contribution in [0, 0.1) is 0 Å². The quantitative estimate of drug-likeness (QED) is 0.767. The Balaban J connectivity index is 1.97. The molecule has 1 aromatic rings. The number of hydrogen-bond donors (Lipinski definition) is 3. The van der Waals surface area contributed by atoms with Crippen LogP contribution in [0.5, 0.6) is 0 Å². The summed E-state index contributed by atoms with van der Waals surface area (Å²) in [5.74, 6) is -0.245. The van der Waals surface area contributed by atoms with E-state index in [-0.39, 0.29) is 17.9 Å². The van der Waals surface area contributed by atoms with E-state index < -0.39 is 6.10 Å². The highest BCUT2D eigenvalue weighted by Gasteiger charge is 2.23. The molecule has 1 aliphatic heterocycles. The topological polar surface area (TPSA) is 79.5 Å². The third kappa shape index (κ3) is 4.54. The number of anilines is 1. The Kier molecular flexibility index (Phi) is 5.30. The minimum Gasteiger partial charge on any atom is -0.366 e. The number of ether oxygens (including phenoxy) is 1. The zero-order valence-corrected chi connectivity index (χ0v) is 12.3. The third-order valence-corrected chi connectivity index (χ3v) is 3.29. The summed E-state index contributed by atoms with van der Waals surface area (Å²) in [6.45, 7) is 5.22. The van der Waals surface area contributed by atoms with E-state index in [0.717, 1.165) is 17.8 Å². The number of amides is 2. The Hall–Kier alpha value is -1.92. The summed E-state index contributed by atoms with van der Waals surface area (Å²) in [7, 11) is 0. The molecule has 0 aromatic heterocycles. The molecule has 114 valence electrons. The van der Waals surface area contributed by atoms with Crippen molar-refractivity contribution in [2.75, 3.05) is 25.0 Å². The first-order chi connectivity index (χ1) is 10.1. The van der Waals surface area contributed by atoms with Crippen LogP contribution < -0.4 is 16.0 Å². The maximum Gasteiger partial charge on any atom is 0.250 e. The van der Waals surface area contributed by atoms with E-state index in [9.17, 15) is 9.59 Å². The van der Waals surface area contributed by atoms with E-state index in [4.69, 9.17) is 4.74 Å². The molecule has 2 rings (SSSR count). The van der Waals surface area contributed by atoms with Crippen LogP contribution in [0.25, 0.3) is 0 Å². The molecule has 0 radical (unpaired) electrons. The van der Waals surface area contributed by atoms with Crippen LogP contribution >= 0.6 is 0 Å². The van der Waals surface area contributed by atoms with Crippen molar-refractivity contribution in [1.29, 1.82) is 0 Å². The van der Waals surface area contributed by atoms with E-state index in [1.165, 1.54) is 6.92 Å². The zero-order valence-electron chi connectivity index (χ0n) is 12.3. The van der Waals surface area contributed by atoms with Gasteiger partial charge in [0, 0.05) is 25.7 Å². The number of carbonyl (C=O) groups excluding carboxylic acids is 2. The van der Waals surface area contributed by atoms with Crippen molar-refractivity contribution >= 4 is 17.5 Å². The fourth-order valence-corrected chi connectivity index (χ4v) is 2.21. The minimum absolute atomic E-state index is 0.120. The molecule has 1 fully saturated rings. The molecule has 6 heteroatoms. The van der Waals surface area contributed by atoms with Gasteiger partial charge >= 0.3 is 0 Å². The van der Waals surface area contributed by atoms with E-state index in [1.54, 1.807) is 0 Å². The average Bonchev–Trinajstić information content (AvgIpc) is 2.47. The molecule has 1 heterocycles. The van der Waals surface area contributed by atoms with Crippen LogP contribution in [-0.2, 0) is 14.3 Å². The predicted molar refractivity (Wildman–Crippen MR) is 79.9 cm³/mol. The third-order valence-electron chi connectivity index (χ3n) is 3.29. The standard InChI is InChI=1S/C15H21N3O3/c1-10(17-15(20)14-9-16-6-7-21-14)12-4-3-5-13(8-12)18-11(2)19/h3-5,8,10,14,16H,6-7,9H2,1-2H3,(H,17,20)(H,18,19). The molecule has 0 spiro atoms. The Bertz CT molecular complexity index is 513. The smallest absolute Gasteiger partial charge is 0.250 e. The van der Waals surface area contributed by atoms with Gasteiger partial charge in [-0.15, -0.1) is 0 Å². The molecule has 0 saturated carbocycles. The van der Waals surface area contributed by atoms with Gasteiger partial charge in [-0.1, -0.05) is 12.1 Å². The van der Waals surface area contributed by atoms with Crippen molar-refractivity contribution in [3.05, 3.63) is 29.8 Å². The van der Waals surface area contributed by atoms with Crippen molar-refractivity contribution < 1.29 is 14.3 Å². The van der Waals surface area contributed by atoms with Crippen molar-refractivity contribution in [2.45, 2.75) is 26.0 Å². The first-order valence-corrected chi connectivity index (χ1v) is 7.06. The van der Waals surface area contributed by atoms with Gasteiger partial charge in [0.2, 0.25) is 5.91 Å². The van der Waals surface area contributed by atoms with Gasteiger partial charge in [0.05, 0.1) is 12.6 Å². The summed E-state index contributed by atoms with van der Waals surface area (Å²) >= 11 is 0. The second-order valence-electron chi connectivity index (χ2n) is 5.10. The molecule has 0 aliphatic carbocycles. The number of rotatable bonds is 4. The molecule has 2 amide bonds. The Morgan fingerprint density at radius 3 is 2.90 bits per heavy atom. The summed E-state index contributed by atoms with van der Waals surface area (Å²) in [4.78, 5) is 23.2. The van der Waals surface area contributed by atoms with Gasteiger partial charge in [-0.25, -0.2) is 0 Å². The minimum atomic E-state index is -0.445. The molecular weight excluding hydrogens is 270 g/mol. The van der Waals surface area contributed by atoms with Gasteiger partial charge in [0.15, 0.2) is 0 Å². The van der Waals surface area contributed by atoms with Crippen molar-refractivity contribution in [3.63, 3.8) is 0 Å². The van der Waals surface area contributed by atoms with E-state index in [1.807, 2.05) is 31.2 Å². The number of nitrogens with one attached hydrogen (secondary N) is 3. The second kappa shape index (κ2) is 7.19.